The fraction of sp³-hybridized carbons (Fsp3) is 0.467. The second-order valence-electron chi connectivity index (χ2n) is 5.33. The van der Waals surface area contributed by atoms with Gasteiger partial charge < -0.3 is 5.73 Å². The highest BCUT2D eigenvalue weighted by molar-refractivity contribution is 7.89. The Kier molecular flexibility index (Phi) is 4.95. The van der Waals surface area contributed by atoms with Crippen molar-refractivity contribution in [3.8, 4) is 11.8 Å². The zero-order chi connectivity index (χ0) is 15.5. The monoisotopic (exact) mass is 326 g/mol. The lowest BCUT2D eigenvalue weighted by molar-refractivity contribution is 0.475. The molecule has 114 valence electrons. The molecule has 4 nitrogen and oxygen atoms in total. The van der Waals surface area contributed by atoms with Crippen molar-refractivity contribution in [1.29, 1.82) is 0 Å². The van der Waals surface area contributed by atoms with Crippen molar-refractivity contribution in [3.05, 3.63) is 28.8 Å². The van der Waals surface area contributed by atoms with E-state index in [1.807, 2.05) is 0 Å². The Labute approximate surface area is 131 Å². The number of hydrogen-bond acceptors (Lipinski definition) is 3. The first-order valence-electron chi connectivity index (χ1n) is 6.91. The zero-order valence-electron chi connectivity index (χ0n) is 11.9. The van der Waals surface area contributed by atoms with Gasteiger partial charge in [-0.1, -0.05) is 30.4 Å². The summed E-state index contributed by atoms with van der Waals surface area (Å²) in [5.41, 5.74) is 6.10. The molecule has 1 aromatic carbocycles. The van der Waals surface area contributed by atoms with Gasteiger partial charge in [-0.3, -0.25) is 0 Å². The van der Waals surface area contributed by atoms with Crippen LogP contribution in [0.4, 0.5) is 0 Å². The standard InChI is InChI=1S/C15H19ClN2O2S/c1-2-15(7-8-15)11-18-21(19,20)14-6-5-12(4-3-9-17)10-13(14)16/h5-6,10,18H,2,7-9,11,17H2,1H3. The lowest BCUT2D eigenvalue weighted by Gasteiger charge is -2.14. The van der Waals surface area contributed by atoms with Gasteiger partial charge in [0, 0.05) is 12.1 Å². The van der Waals surface area contributed by atoms with Crippen molar-refractivity contribution in [2.45, 2.75) is 31.1 Å². The Morgan fingerprint density at radius 1 is 1.43 bits per heavy atom. The highest BCUT2D eigenvalue weighted by atomic mass is 35.5. The molecule has 1 aliphatic carbocycles. The first-order chi connectivity index (χ1) is 9.92. The molecule has 2 rings (SSSR count). The predicted octanol–water partition coefficient (Wildman–Crippen LogP) is 2.12. The molecule has 0 amide bonds. The van der Waals surface area contributed by atoms with E-state index in [9.17, 15) is 8.42 Å². The minimum absolute atomic E-state index is 0.0920. The van der Waals surface area contributed by atoms with Crippen LogP contribution in [0.25, 0.3) is 0 Å². The summed E-state index contributed by atoms with van der Waals surface area (Å²) in [6.07, 6.45) is 3.14. The Hall–Kier alpha value is -1.06. The average Bonchev–Trinajstić information content (AvgIpc) is 3.23. The number of rotatable bonds is 5. The van der Waals surface area contributed by atoms with Crippen molar-refractivity contribution < 1.29 is 8.42 Å². The fourth-order valence-corrected chi connectivity index (χ4v) is 3.81. The normalized spacial score (nSPS) is 16.1. The minimum atomic E-state index is -3.59. The summed E-state index contributed by atoms with van der Waals surface area (Å²) in [4.78, 5) is 0.0920. The number of sulfonamides is 1. The quantitative estimate of drug-likeness (QED) is 0.814. The van der Waals surface area contributed by atoms with Crippen LogP contribution >= 0.6 is 11.6 Å². The van der Waals surface area contributed by atoms with Crippen molar-refractivity contribution >= 4 is 21.6 Å². The van der Waals surface area contributed by atoms with Crippen LogP contribution in [0.15, 0.2) is 23.1 Å². The molecule has 0 saturated heterocycles. The maximum absolute atomic E-state index is 12.3. The molecular formula is C15H19ClN2O2S. The van der Waals surface area contributed by atoms with Crippen LogP contribution in [0.5, 0.6) is 0 Å². The SMILES string of the molecule is CCC1(CNS(=O)(=O)c2ccc(C#CCN)cc2Cl)CC1. The molecule has 0 aliphatic heterocycles. The van der Waals surface area contributed by atoms with E-state index in [1.54, 1.807) is 12.1 Å². The highest BCUT2D eigenvalue weighted by Crippen LogP contribution is 2.48. The van der Waals surface area contributed by atoms with Crippen molar-refractivity contribution in [3.63, 3.8) is 0 Å². The lowest BCUT2D eigenvalue weighted by atomic mass is 10.1. The smallest absolute Gasteiger partial charge is 0.242 e. The first kappa shape index (κ1) is 16.3. The van der Waals surface area contributed by atoms with E-state index in [0.29, 0.717) is 12.1 Å². The van der Waals surface area contributed by atoms with E-state index in [1.165, 1.54) is 6.07 Å². The van der Waals surface area contributed by atoms with E-state index < -0.39 is 10.0 Å². The second kappa shape index (κ2) is 6.37. The Balaban J connectivity index is 2.16. The van der Waals surface area contributed by atoms with Gasteiger partial charge in [-0.25, -0.2) is 13.1 Å². The molecule has 1 saturated carbocycles. The van der Waals surface area contributed by atoms with E-state index >= 15 is 0 Å². The molecule has 0 unspecified atom stereocenters. The third-order valence-electron chi connectivity index (χ3n) is 3.90. The maximum atomic E-state index is 12.3. The molecule has 0 bridgehead atoms. The van der Waals surface area contributed by atoms with Gasteiger partial charge >= 0.3 is 0 Å². The number of hydrogen-bond donors (Lipinski definition) is 2. The summed E-state index contributed by atoms with van der Waals surface area (Å²) in [6, 6.07) is 4.66. The number of halogens is 1. The molecule has 0 atom stereocenters. The van der Waals surface area contributed by atoms with Crippen molar-refractivity contribution in [2.75, 3.05) is 13.1 Å². The number of benzene rings is 1. The Morgan fingerprint density at radius 2 is 2.14 bits per heavy atom. The van der Waals surface area contributed by atoms with Gasteiger partial charge in [0.05, 0.1) is 11.6 Å². The van der Waals surface area contributed by atoms with Crippen LogP contribution in [-0.4, -0.2) is 21.5 Å². The largest absolute Gasteiger partial charge is 0.320 e. The maximum Gasteiger partial charge on any atom is 0.242 e. The second-order valence-corrected chi connectivity index (χ2v) is 7.47. The summed E-state index contributed by atoms with van der Waals surface area (Å²) in [6.45, 7) is 2.80. The third-order valence-corrected chi connectivity index (χ3v) is 5.78. The lowest BCUT2D eigenvalue weighted by Crippen LogP contribution is -2.30. The summed E-state index contributed by atoms with van der Waals surface area (Å²) in [5, 5.41) is 0.174. The molecule has 3 N–H and O–H groups in total. The van der Waals surface area contributed by atoms with Crippen LogP contribution in [-0.2, 0) is 10.0 Å². The molecule has 0 spiro atoms. The highest BCUT2D eigenvalue weighted by Gasteiger charge is 2.41. The van der Waals surface area contributed by atoms with Gasteiger partial charge in [0.1, 0.15) is 4.90 Å². The topological polar surface area (TPSA) is 72.2 Å². The van der Waals surface area contributed by atoms with Gasteiger partial charge in [0.25, 0.3) is 0 Å². The zero-order valence-corrected chi connectivity index (χ0v) is 13.5. The molecule has 1 aromatic rings. The molecule has 21 heavy (non-hydrogen) atoms. The van der Waals surface area contributed by atoms with E-state index in [2.05, 4.69) is 23.5 Å². The summed E-state index contributed by atoms with van der Waals surface area (Å²) in [5.74, 6) is 5.53. The number of nitrogens with one attached hydrogen (secondary N) is 1. The molecule has 0 heterocycles. The van der Waals surface area contributed by atoms with Crippen LogP contribution in [0, 0.1) is 17.3 Å². The molecular weight excluding hydrogens is 308 g/mol. The first-order valence-corrected chi connectivity index (χ1v) is 8.77. The van der Waals surface area contributed by atoms with E-state index in [0.717, 1.165) is 19.3 Å². The van der Waals surface area contributed by atoms with E-state index in [4.69, 9.17) is 17.3 Å². The predicted molar refractivity (Wildman–Crippen MR) is 84.5 cm³/mol. The Bertz CT molecular complexity index is 685. The fourth-order valence-electron chi connectivity index (χ4n) is 2.11. The van der Waals surface area contributed by atoms with Gasteiger partial charge in [-0.05, 0) is 42.9 Å². The summed E-state index contributed by atoms with van der Waals surface area (Å²) < 4.78 is 27.3. The van der Waals surface area contributed by atoms with E-state index in [-0.39, 0.29) is 21.9 Å². The molecule has 6 heteroatoms. The van der Waals surface area contributed by atoms with Crippen LogP contribution in [0.2, 0.25) is 5.02 Å². The molecule has 1 fully saturated rings. The van der Waals surface area contributed by atoms with Crippen molar-refractivity contribution in [2.24, 2.45) is 11.1 Å². The van der Waals surface area contributed by atoms with Gasteiger partial charge in [0.2, 0.25) is 10.0 Å². The molecule has 1 aliphatic rings. The Morgan fingerprint density at radius 3 is 2.67 bits per heavy atom. The molecule has 0 aromatic heterocycles. The van der Waals surface area contributed by atoms with Crippen LogP contribution in [0.3, 0.4) is 0 Å². The van der Waals surface area contributed by atoms with Gasteiger partial charge in [-0.15, -0.1) is 0 Å². The molecule has 0 radical (unpaired) electrons. The van der Waals surface area contributed by atoms with Gasteiger partial charge in [-0.2, -0.15) is 0 Å². The van der Waals surface area contributed by atoms with Crippen LogP contribution < -0.4 is 10.5 Å². The third kappa shape index (κ3) is 3.98. The number of nitrogens with two attached hydrogens (primary N) is 1. The van der Waals surface area contributed by atoms with Crippen LogP contribution in [0.1, 0.15) is 31.7 Å². The van der Waals surface area contributed by atoms with Crippen molar-refractivity contribution in [1.82, 2.24) is 4.72 Å². The average molecular weight is 327 g/mol. The summed E-state index contributed by atoms with van der Waals surface area (Å²) in [7, 11) is -3.59. The summed E-state index contributed by atoms with van der Waals surface area (Å²) >= 11 is 6.07. The van der Waals surface area contributed by atoms with Gasteiger partial charge in [0.15, 0.2) is 0 Å². The minimum Gasteiger partial charge on any atom is -0.320 e.